The molecule has 4 nitrogen and oxygen atoms in total. The number of hydrogen-bond acceptors (Lipinski definition) is 3. The summed E-state index contributed by atoms with van der Waals surface area (Å²) in [5, 5.41) is 3.08. The van der Waals surface area contributed by atoms with Gasteiger partial charge in [-0.3, -0.25) is 9.69 Å². The van der Waals surface area contributed by atoms with Gasteiger partial charge in [0.25, 0.3) is 0 Å². The molecule has 1 aliphatic carbocycles. The highest BCUT2D eigenvalue weighted by atomic mass is 35.5. The average molecular weight is 276 g/mol. The van der Waals surface area contributed by atoms with Crippen LogP contribution in [-0.2, 0) is 4.79 Å². The molecule has 1 aliphatic heterocycles. The van der Waals surface area contributed by atoms with E-state index in [9.17, 15) is 4.79 Å². The number of piperidine rings is 1. The normalized spacial score (nSPS) is 28.1. The molecule has 1 saturated heterocycles. The van der Waals surface area contributed by atoms with Crippen molar-refractivity contribution >= 4 is 18.3 Å². The zero-order valence-electron chi connectivity index (χ0n) is 11.4. The first-order valence-corrected chi connectivity index (χ1v) is 6.88. The smallest absolute Gasteiger partial charge is 0.237 e. The van der Waals surface area contributed by atoms with Gasteiger partial charge in [0.2, 0.25) is 5.91 Å². The van der Waals surface area contributed by atoms with Crippen LogP contribution in [0.15, 0.2) is 0 Å². The topological polar surface area (TPSA) is 58.4 Å². The predicted octanol–water partition coefficient (Wildman–Crippen LogP) is 1.13. The monoisotopic (exact) mass is 275 g/mol. The second-order valence-electron chi connectivity index (χ2n) is 5.72. The highest BCUT2D eigenvalue weighted by Crippen LogP contribution is 2.22. The Hall–Kier alpha value is -0.320. The van der Waals surface area contributed by atoms with Crippen molar-refractivity contribution in [3.63, 3.8) is 0 Å². The number of nitrogens with one attached hydrogen (secondary N) is 1. The van der Waals surface area contributed by atoms with Gasteiger partial charge in [-0.25, -0.2) is 0 Å². The third kappa shape index (κ3) is 4.11. The number of carbonyl (C=O) groups is 1. The summed E-state index contributed by atoms with van der Waals surface area (Å²) in [6, 6.07) is 0.688. The zero-order valence-corrected chi connectivity index (χ0v) is 12.2. The molecular weight excluding hydrogens is 250 g/mol. The Morgan fingerprint density at radius 1 is 1.33 bits per heavy atom. The SMILES string of the molecule is CC(N)C1CCCN(C(C)C(=O)NC2CC2)C1.Cl. The maximum atomic E-state index is 12.0. The minimum absolute atomic E-state index is 0. The average Bonchev–Trinajstić information content (AvgIpc) is 3.12. The van der Waals surface area contributed by atoms with E-state index in [0.29, 0.717) is 12.0 Å². The van der Waals surface area contributed by atoms with Gasteiger partial charge in [-0.2, -0.15) is 0 Å². The lowest BCUT2D eigenvalue weighted by molar-refractivity contribution is -0.126. The Labute approximate surface area is 116 Å². The number of nitrogens with zero attached hydrogens (tertiary/aromatic N) is 1. The molecule has 0 aromatic heterocycles. The van der Waals surface area contributed by atoms with Crippen LogP contribution >= 0.6 is 12.4 Å². The maximum Gasteiger partial charge on any atom is 0.237 e. The quantitative estimate of drug-likeness (QED) is 0.809. The van der Waals surface area contributed by atoms with E-state index < -0.39 is 0 Å². The lowest BCUT2D eigenvalue weighted by Gasteiger charge is -2.37. The minimum Gasteiger partial charge on any atom is -0.352 e. The van der Waals surface area contributed by atoms with E-state index in [1.165, 1.54) is 6.42 Å². The Kier molecular flexibility index (Phi) is 5.89. The fourth-order valence-corrected chi connectivity index (χ4v) is 2.54. The minimum atomic E-state index is -0.00264. The largest absolute Gasteiger partial charge is 0.352 e. The molecule has 0 aromatic carbocycles. The van der Waals surface area contributed by atoms with E-state index in [0.717, 1.165) is 32.4 Å². The van der Waals surface area contributed by atoms with Crippen LogP contribution in [0.2, 0.25) is 0 Å². The number of nitrogens with two attached hydrogens (primary N) is 1. The summed E-state index contributed by atoms with van der Waals surface area (Å²) in [5.74, 6) is 0.734. The molecule has 2 rings (SSSR count). The molecule has 0 aromatic rings. The van der Waals surface area contributed by atoms with Crippen LogP contribution in [0.4, 0.5) is 0 Å². The summed E-state index contributed by atoms with van der Waals surface area (Å²) in [5.41, 5.74) is 5.97. The Bertz CT molecular complexity index is 281. The van der Waals surface area contributed by atoms with E-state index in [4.69, 9.17) is 5.73 Å². The number of carbonyl (C=O) groups excluding carboxylic acids is 1. The molecule has 5 heteroatoms. The first kappa shape index (κ1) is 15.7. The van der Waals surface area contributed by atoms with Gasteiger partial charge in [-0.05, 0) is 52.0 Å². The van der Waals surface area contributed by atoms with Gasteiger partial charge in [0, 0.05) is 18.6 Å². The first-order valence-electron chi connectivity index (χ1n) is 6.88. The number of amides is 1. The van der Waals surface area contributed by atoms with E-state index >= 15 is 0 Å². The first-order chi connectivity index (χ1) is 8.08. The number of rotatable bonds is 4. The molecule has 1 saturated carbocycles. The summed E-state index contributed by atoms with van der Waals surface area (Å²) in [6.07, 6.45) is 4.67. The maximum absolute atomic E-state index is 12.0. The molecule has 0 bridgehead atoms. The summed E-state index contributed by atoms with van der Waals surface area (Å²) < 4.78 is 0. The molecule has 18 heavy (non-hydrogen) atoms. The molecule has 2 aliphatic rings. The Balaban J connectivity index is 0.00000162. The molecule has 1 heterocycles. The molecule has 2 fully saturated rings. The van der Waals surface area contributed by atoms with Crippen LogP contribution in [0.25, 0.3) is 0 Å². The van der Waals surface area contributed by atoms with Crippen molar-refractivity contribution in [2.45, 2.75) is 57.7 Å². The van der Waals surface area contributed by atoms with Gasteiger partial charge in [-0.1, -0.05) is 0 Å². The molecule has 3 atom stereocenters. The molecule has 0 radical (unpaired) electrons. The highest BCUT2D eigenvalue weighted by Gasteiger charge is 2.31. The van der Waals surface area contributed by atoms with E-state index in [-0.39, 0.29) is 30.4 Å². The predicted molar refractivity (Wildman–Crippen MR) is 75.8 cm³/mol. The highest BCUT2D eigenvalue weighted by molar-refractivity contribution is 5.85. The fraction of sp³-hybridized carbons (Fsp3) is 0.923. The van der Waals surface area contributed by atoms with E-state index in [2.05, 4.69) is 17.1 Å². The van der Waals surface area contributed by atoms with Crippen LogP contribution < -0.4 is 11.1 Å². The van der Waals surface area contributed by atoms with Gasteiger partial charge in [0.15, 0.2) is 0 Å². The van der Waals surface area contributed by atoms with Gasteiger partial charge >= 0.3 is 0 Å². The van der Waals surface area contributed by atoms with Crippen LogP contribution in [-0.4, -0.2) is 42.0 Å². The Morgan fingerprint density at radius 2 is 2.00 bits per heavy atom. The van der Waals surface area contributed by atoms with Gasteiger partial charge in [0.1, 0.15) is 0 Å². The third-order valence-corrected chi connectivity index (χ3v) is 4.08. The van der Waals surface area contributed by atoms with Crippen LogP contribution in [0.1, 0.15) is 39.5 Å². The molecular formula is C13H26ClN3O. The summed E-state index contributed by atoms with van der Waals surface area (Å²) in [6.45, 7) is 6.09. The second kappa shape index (κ2) is 6.73. The third-order valence-electron chi connectivity index (χ3n) is 4.08. The Morgan fingerprint density at radius 3 is 2.56 bits per heavy atom. The molecule has 106 valence electrons. The number of likely N-dealkylation sites (tertiary alicyclic amines) is 1. The van der Waals surface area contributed by atoms with Crippen molar-refractivity contribution < 1.29 is 4.79 Å². The lowest BCUT2D eigenvalue weighted by Crippen LogP contribution is -2.51. The van der Waals surface area contributed by atoms with Gasteiger partial charge < -0.3 is 11.1 Å². The molecule has 3 unspecified atom stereocenters. The molecule has 0 spiro atoms. The molecule has 1 amide bonds. The summed E-state index contributed by atoms with van der Waals surface area (Å²) >= 11 is 0. The molecule has 3 N–H and O–H groups in total. The number of hydrogen-bond donors (Lipinski definition) is 2. The standard InChI is InChI=1S/C13H25N3O.ClH/c1-9(14)11-4-3-7-16(8-11)10(2)13(17)15-12-5-6-12;/h9-12H,3-8,14H2,1-2H3,(H,15,17);1H. The van der Waals surface area contributed by atoms with Crippen LogP contribution in [0.3, 0.4) is 0 Å². The van der Waals surface area contributed by atoms with Crippen LogP contribution in [0.5, 0.6) is 0 Å². The van der Waals surface area contributed by atoms with Crippen LogP contribution in [0, 0.1) is 5.92 Å². The van der Waals surface area contributed by atoms with Gasteiger partial charge in [0.05, 0.1) is 6.04 Å². The van der Waals surface area contributed by atoms with Crippen molar-refractivity contribution in [1.82, 2.24) is 10.2 Å². The second-order valence-corrected chi connectivity index (χ2v) is 5.72. The van der Waals surface area contributed by atoms with Crippen molar-refractivity contribution in [2.24, 2.45) is 11.7 Å². The van der Waals surface area contributed by atoms with E-state index in [1.807, 2.05) is 6.92 Å². The lowest BCUT2D eigenvalue weighted by atomic mass is 9.91. The fourth-order valence-electron chi connectivity index (χ4n) is 2.54. The van der Waals surface area contributed by atoms with Crippen molar-refractivity contribution in [1.29, 1.82) is 0 Å². The van der Waals surface area contributed by atoms with Crippen molar-refractivity contribution in [3.05, 3.63) is 0 Å². The number of halogens is 1. The zero-order chi connectivity index (χ0) is 12.4. The van der Waals surface area contributed by atoms with Gasteiger partial charge in [-0.15, -0.1) is 12.4 Å². The van der Waals surface area contributed by atoms with E-state index in [1.54, 1.807) is 0 Å². The summed E-state index contributed by atoms with van der Waals surface area (Å²) in [7, 11) is 0. The van der Waals surface area contributed by atoms with Crippen molar-refractivity contribution in [2.75, 3.05) is 13.1 Å². The van der Waals surface area contributed by atoms with Crippen molar-refractivity contribution in [3.8, 4) is 0 Å². The summed E-state index contributed by atoms with van der Waals surface area (Å²) in [4.78, 5) is 14.3.